The number of hydrogen-bond donors (Lipinski definition) is 2. The normalized spacial score (nSPS) is 11.5. The summed E-state index contributed by atoms with van der Waals surface area (Å²) in [7, 11) is 4.59. The molecule has 1 aromatic carbocycles. The number of anilines is 1. The molecule has 33 heavy (non-hydrogen) atoms. The third-order valence-corrected chi connectivity index (χ3v) is 6.49. The number of nitrogens with one attached hydrogen (secondary N) is 2. The van der Waals surface area contributed by atoms with Gasteiger partial charge in [-0.15, -0.1) is 11.3 Å². The molecule has 1 amide bonds. The number of aromatic nitrogens is 1. The van der Waals surface area contributed by atoms with Gasteiger partial charge in [0.05, 0.1) is 25.5 Å². The second-order valence-corrected chi connectivity index (χ2v) is 8.34. The van der Waals surface area contributed by atoms with Gasteiger partial charge in [0.15, 0.2) is 11.5 Å². The van der Waals surface area contributed by atoms with Crippen LogP contribution in [0.5, 0.6) is 11.5 Å². The SMILES string of the molecule is CCc1nc2sc(C(=O)NCCc3ccc(OC)c(OC)c3)c(NC)c2c(C(F)(F)F)c1C. The van der Waals surface area contributed by atoms with Crippen molar-refractivity contribution in [3.8, 4) is 11.5 Å². The summed E-state index contributed by atoms with van der Waals surface area (Å²) in [4.78, 5) is 17.7. The first-order valence-electron chi connectivity index (χ1n) is 10.4. The number of halogens is 3. The fourth-order valence-electron chi connectivity index (χ4n) is 3.80. The number of carbonyl (C=O) groups is 1. The minimum Gasteiger partial charge on any atom is -0.493 e. The molecule has 0 spiro atoms. The Morgan fingerprint density at radius 3 is 2.45 bits per heavy atom. The number of amides is 1. The number of nitrogens with zero attached hydrogens (tertiary/aromatic N) is 1. The monoisotopic (exact) mass is 481 g/mol. The summed E-state index contributed by atoms with van der Waals surface area (Å²) >= 11 is 0.960. The molecule has 2 aromatic heterocycles. The van der Waals surface area contributed by atoms with Gasteiger partial charge in [0, 0.05) is 24.7 Å². The van der Waals surface area contributed by atoms with E-state index in [2.05, 4.69) is 15.6 Å². The number of carbonyl (C=O) groups excluding carboxylic acids is 1. The molecule has 2 N–H and O–H groups in total. The van der Waals surface area contributed by atoms with Gasteiger partial charge in [0.25, 0.3) is 5.91 Å². The van der Waals surface area contributed by atoms with Crippen molar-refractivity contribution < 1.29 is 27.4 Å². The number of pyridine rings is 1. The number of methoxy groups -OCH3 is 2. The zero-order valence-electron chi connectivity index (χ0n) is 19.1. The molecular weight excluding hydrogens is 455 g/mol. The highest BCUT2D eigenvalue weighted by molar-refractivity contribution is 7.21. The third-order valence-electron chi connectivity index (χ3n) is 5.41. The molecule has 0 aliphatic rings. The van der Waals surface area contributed by atoms with Crippen LogP contribution in [0.1, 0.15) is 39.0 Å². The number of fused-ring (bicyclic) bond motifs is 1. The number of aryl methyl sites for hydroxylation is 1. The summed E-state index contributed by atoms with van der Waals surface area (Å²) in [6, 6.07) is 5.46. The van der Waals surface area contributed by atoms with E-state index >= 15 is 0 Å². The van der Waals surface area contributed by atoms with Gasteiger partial charge < -0.3 is 20.1 Å². The van der Waals surface area contributed by atoms with E-state index in [9.17, 15) is 18.0 Å². The van der Waals surface area contributed by atoms with Gasteiger partial charge in [-0.25, -0.2) is 4.98 Å². The highest BCUT2D eigenvalue weighted by Gasteiger charge is 2.38. The summed E-state index contributed by atoms with van der Waals surface area (Å²) in [5.74, 6) is 0.728. The van der Waals surface area contributed by atoms with Gasteiger partial charge in [0.2, 0.25) is 0 Å². The van der Waals surface area contributed by atoms with Crippen LogP contribution in [0.4, 0.5) is 18.9 Å². The first-order valence-corrected chi connectivity index (χ1v) is 11.2. The van der Waals surface area contributed by atoms with Crippen molar-refractivity contribution in [3.05, 3.63) is 45.5 Å². The highest BCUT2D eigenvalue weighted by atomic mass is 32.1. The average Bonchev–Trinajstić information content (AvgIpc) is 3.15. The molecule has 178 valence electrons. The Morgan fingerprint density at radius 2 is 1.88 bits per heavy atom. The molecule has 0 fully saturated rings. The second kappa shape index (κ2) is 9.86. The summed E-state index contributed by atoms with van der Waals surface area (Å²) in [5, 5.41) is 5.53. The van der Waals surface area contributed by atoms with Gasteiger partial charge in [0.1, 0.15) is 9.71 Å². The topological polar surface area (TPSA) is 72.5 Å². The van der Waals surface area contributed by atoms with Crippen LogP contribution in [0, 0.1) is 6.92 Å². The Bertz CT molecular complexity index is 1180. The van der Waals surface area contributed by atoms with Gasteiger partial charge >= 0.3 is 6.18 Å². The molecule has 0 unspecified atom stereocenters. The van der Waals surface area contributed by atoms with Crippen molar-refractivity contribution in [1.29, 1.82) is 0 Å². The number of benzene rings is 1. The van der Waals surface area contributed by atoms with Crippen LogP contribution in [-0.2, 0) is 19.0 Å². The van der Waals surface area contributed by atoms with Gasteiger partial charge in [-0.2, -0.15) is 13.2 Å². The lowest BCUT2D eigenvalue weighted by atomic mass is 10.0. The Hall–Kier alpha value is -3.01. The summed E-state index contributed by atoms with van der Waals surface area (Å²) in [6.45, 7) is 3.48. The maximum absolute atomic E-state index is 14.0. The zero-order valence-corrected chi connectivity index (χ0v) is 19.9. The number of ether oxygens (including phenoxy) is 2. The van der Waals surface area contributed by atoms with E-state index < -0.39 is 17.6 Å². The molecule has 6 nitrogen and oxygen atoms in total. The van der Waals surface area contributed by atoms with Crippen LogP contribution >= 0.6 is 11.3 Å². The standard InChI is InChI=1S/C23H26F3N3O3S/c1-6-14-12(2)18(23(24,25)26)17-19(27-3)20(33-22(17)29-14)21(30)28-10-9-13-7-8-15(31-4)16(11-13)32-5/h7-8,11,27H,6,9-10H2,1-5H3,(H,28,30). The van der Waals surface area contributed by atoms with E-state index in [-0.39, 0.29) is 26.3 Å². The van der Waals surface area contributed by atoms with Crippen LogP contribution < -0.4 is 20.1 Å². The molecular formula is C23H26F3N3O3S. The Kier molecular flexibility index (Phi) is 7.36. The molecule has 10 heteroatoms. The smallest absolute Gasteiger partial charge is 0.417 e. The number of alkyl halides is 3. The third kappa shape index (κ3) is 4.85. The molecule has 0 bridgehead atoms. The zero-order chi connectivity index (χ0) is 24.3. The van der Waals surface area contributed by atoms with E-state index in [1.165, 1.54) is 14.0 Å². The summed E-state index contributed by atoms with van der Waals surface area (Å²) < 4.78 is 52.4. The van der Waals surface area contributed by atoms with Crippen molar-refractivity contribution >= 4 is 33.1 Å². The van der Waals surface area contributed by atoms with E-state index in [1.807, 2.05) is 12.1 Å². The van der Waals surface area contributed by atoms with Crippen molar-refractivity contribution in [2.24, 2.45) is 0 Å². The quantitative estimate of drug-likeness (QED) is 0.462. The maximum Gasteiger partial charge on any atom is 0.417 e. The van der Waals surface area contributed by atoms with Crippen LogP contribution in [0.2, 0.25) is 0 Å². The Balaban J connectivity index is 1.90. The van der Waals surface area contributed by atoms with Crippen molar-refractivity contribution in [2.75, 3.05) is 33.1 Å². The van der Waals surface area contributed by atoms with Crippen LogP contribution in [-0.4, -0.2) is 38.7 Å². The van der Waals surface area contributed by atoms with Crippen molar-refractivity contribution in [1.82, 2.24) is 10.3 Å². The maximum atomic E-state index is 14.0. The lowest BCUT2D eigenvalue weighted by molar-refractivity contribution is -0.136. The van der Waals surface area contributed by atoms with Gasteiger partial charge in [-0.05, 0) is 43.0 Å². The first kappa shape index (κ1) is 24.6. The molecule has 2 heterocycles. The Labute approximate surface area is 194 Å². The molecule has 0 aliphatic heterocycles. The molecule has 0 atom stereocenters. The molecule has 0 saturated heterocycles. The number of hydrogen-bond acceptors (Lipinski definition) is 6. The number of rotatable bonds is 8. The lowest BCUT2D eigenvalue weighted by Gasteiger charge is -2.15. The predicted octanol–water partition coefficient (Wildman–Crippen LogP) is 5.22. The van der Waals surface area contributed by atoms with Crippen molar-refractivity contribution in [2.45, 2.75) is 32.9 Å². The van der Waals surface area contributed by atoms with E-state index in [1.54, 1.807) is 27.2 Å². The lowest BCUT2D eigenvalue weighted by Crippen LogP contribution is -2.25. The fourth-order valence-corrected chi connectivity index (χ4v) is 4.93. The van der Waals surface area contributed by atoms with Crippen LogP contribution in [0.3, 0.4) is 0 Å². The highest BCUT2D eigenvalue weighted by Crippen LogP contribution is 2.45. The van der Waals surface area contributed by atoms with Crippen LogP contribution in [0.25, 0.3) is 10.2 Å². The second-order valence-electron chi connectivity index (χ2n) is 7.34. The number of thiophene rings is 1. The summed E-state index contributed by atoms with van der Waals surface area (Å²) in [5.41, 5.74) is 0.784. The van der Waals surface area contributed by atoms with Crippen LogP contribution in [0.15, 0.2) is 18.2 Å². The fraction of sp³-hybridized carbons (Fsp3) is 0.391. The predicted molar refractivity (Wildman–Crippen MR) is 124 cm³/mol. The van der Waals surface area contributed by atoms with Crippen molar-refractivity contribution in [3.63, 3.8) is 0 Å². The molecule has 3 rings (SSSR count). The molecule has 0 aliphatic carbocycles. The van der Waals surface area contributed by atoms with E-state index in [0.717, 1.165) is 16.9 Å². The van der Waals surface area contributed by atoms with E-state index in [0.29, 0.717) is 36.6 Å². The molecule has 0 radical (unpaired) electrons. The minimum atomic E-state index is -4.57. The van der Waals surface area contributed by atoms with E-state index in [4.69, 9.17) is 9.47 Å². The van der Waals surface area contributed by atoms with Gasteiger partial charge in [-0.3, -0.25) is 4.79 Å². The van der Waals surface area contributed by atoms with Gasteiger partial charge in [-0.1, -0.05) is 13.0 Å². The first-order chi connectivity index (χ1) is 15.7. The Morgan fingerprint density at radius 1 is 1.18 bits per heavy atom. The molecule has 0 saturated carbocycles. The minimum absolute atomic E-state index is 0.0604. The summed E-state index contributed by atoms with van der Waals surface area (Å²) in [6.07, 6.45) is -3.69. The largest absolute Gasteiger partial charge is 0.493 e. The average molecular weight is 482 g/mol. The molecule has 3 aromatic rings.